The Morgan fingerprint density at radius 3 is 2.87 bits per heavy atom. The van der Waals surface area contributed by atoms with Crippen molar-refractivity contribution >= 4 is 17.6 Å². The number of nitro benzene ring substituents is 1. The molecule has 1 N–H and O–H groups in total. The van der Waals surface area contributed by atoms with Gasteiger partial charge in [-0.25, -0.2) is 9.48 Å². The van der Waals surface area contributed by atoms with E-state index in [0.717, 1.165) is 0 Å². The summed E-state index contributed by atoms with van der Waals surface area (Å²) in [5.74, 6) is -0.183. The number of allylic oxidation sites excluding steroid dienone is 1. The Morgan fingerprint density at radius 2 is 2.17 bits per heavy atom. The maximum absolute atomic E-state index is 12.2. The monoisotopic (exact) mass is 315 g/mol. The molecule has 0 amide bonds. The maximum Gasteiger partial charge on any atom is 0.338 e. The lowest BCUT2D eigenvalue weighted by molar-refractivity contribution is -0.385. The zero-order chi connectivity index (χ0) is 16.6. The SMILES string of the molecule is COC(=O)C1=C(C)Nc2ncnn2[C@H]1c1ccccc1[N+](=O)[O-]. The van der Waals surface area contributed by atoms with Crippen molar-refractivity contribution in [2.45, 2.75) is 13.0 Å². The third-order valence-corrected chi connectivity index (χ3v) is 3.63. The molecule has 2 heterocycles. The molecule has 9 heteroatoms. The van der Waals surface area contributed by atoms with Gasteiger partial charge in [0, 0.05) is 11.8 Å². The fourth-order valence-electron chi connectivity index (χ4n) is 2.64. The average molecular weight is 315 g/mol. The highest BCUT2D eigenvalue weighted by Crippen LogP contribution is 2.38. The van der Waals surface area contributed by atoms with Gasteiger partial charge in [-0.05, 0) is 13.0 Å². The summed E-state index contributed by atoms with van der Waals surface area (Å²) in [6, 6.07) is 5.43. The van der Waals surface area contributed by atoms with Crippen LogP contribution in [0.15, 0.2) is 41.9 Å². The summed E-state index contributed by atoms with van der Waals surface area (Å²) in [4.78, 5) is 27.2. The first-order valence-corrected chi connectivity index (χ1v) is 6.73. The predicted octanol–water partition coefficient (Wildman–Crippen LogP) is 1.65. The predicted molar refractivity (Wildman–Crippen MR) is 79.6 cm³/mol. The number of hydrogen-bond acceptors (Lipinski definition) is 7. The Kier molecular flexibility index (Phi) is 3.53. The van der Waals surface area contributed by atoms with Crippen LogP contribution in [0.4, 0.5) is 11.6 Å². The molecular formula is C14H13N5O4. The molecular weight excluding hydrogens is 302 g/mol. The van der Waals surface area contributed by atoms with Crippen LogP contribution in [0.2, 0.25) is 0 Å². The van der Waals surface area contributed by atoms with E-state index in [1.807, 2.05) is 0 Å². The molecule has 0 aliphatic carbocycles. The third kappa shape index (κ3) is 2.31. The smallest absolute Gasteiger partial charge is 0.338 e. The van der Waals surface area contributed by atoms with E-state index >= 15 is 0 Å². The minimum absolute atomic E-state index is 0.102. The van der Waals surface area contributed by atoms with Crippen LogP contribution in [-0.4, -0.2) is 32.8 Å². The van der Waals surface area contributed by atoms with Crippen LogP contribution in [0.3, 0.4) is 0 Å². The Hall–Kier alpha value is -3.23. The van der Waals surface area contributed by atoms with Gasteiger partial charge in [-0.1, -0.05) is 12.1 Å². The van der Waals surface area contributed by atoms with E-state index in [4.69, 9.17) is 4.74 Å². The Labute approximate surface area is 130 Å². The normalized spacial score (nSPS) is 16.5. The largest absolute Gasteiger partial charge is 0.466 e. The molecule has 0 radical (unpaired) electrons. The molecule has 0 saturated carbocycles. The first-order valence-electron chi connectivity index (χ1n) is 6.73. The molecule has 0 bridgehead atoms. The van der Waals surface area contributed by atoms with Crippen LogP contribution >= 0.6 is 0 Å². The van der Waals surface area contributed by atoms with Crippen LogP contribution in [0, 0.1) is 10.1 Å². The summed E-state index contributed by atoms with van der Waals surface area (Å²) in [5.41, 5.74) is 1.00. The minimum Gasteiger partial charge on any atom is -0.466 e. The number of benzene rings is 1. The Morgan fingerprint density at radius 1 is 1.43 bits per heavy atom. The number of nitrogens with zero attached hydrogens (tertiary/aromatic N) is 4. The first-order chi connectivity index (χ1) is 11.0. The van der Waals surface area contributed by atoms with Gasteiger partial charge < -0.3 is 10.1 Å². The molecule has 1 aromatic heterocycles. The van der Waals surface area contributed by atoms with E-state index in [9.17, 15) is 14.9 Å². The molecule has 23 heavy (non-hydrogen) atoms. The second-order valence-electron chi connectivity index (χ2n) is 4.90. The topological polar surface area (TPSA) is 112 Å². The zero-order valence-electron chi connectivity index (χ0n) is 12.4. The highest BCUT2D eigenvalue weighted by atomic mass is 16.6. The van der Waals surface area contributed by atoms with Gasteiger partial charge in [0.1, 0.15) is 12.4 Å². The van der Waals surface area contributed by atoms with Gasteiger partial charge in [0.15, 0.2) is 0 Å². The van der Waals surface area contributed by atoms with Gasteiger partial charge in [-0.2, -0.15) is 10.1 Å². The molecule has 0 saturated heterocycles. The number of esters is 1. The van der Waals surface area contributed by atoms with Crippen LogP contribution < -0.4 is 5.32 Å². The summed E-state index contributed by atoms with van der Waals surface area (Å²) in [6.07, 6.45) is 1.32. The summed E-state index contributed by atoms with van der Waals surface area (Å²) in [5, 5.41) is 18.4. The molecule has 2 aromatic rings. The lowest BCUT2D eigenvalue weighted by Gasteiger charge is -2.27. The molecule has 1 aromatic carbocycles. The van der Waals surface area contributed by atoms with Gasteiger partial charge in [0.25, 0.3) is 5.69 Å². The molecule has 0 unspecified atom stereocenters. The van der Waals surface area contributed by atoms with E-state index in [2.05, 4.69) is 15.4 Å². The number of methoxy groups -OCH3 is 1. The zero-order valence-corrected chi connectivity index (χ0v) is 12.4. The third-order valence-electron chi connectivity index (χ3n) is 3.63. The highest BCUT2D eigenvalue weighted by molar-refractivity contribution is 5.92. The number of anilines is 1. The summed E-state index contributed by atoms with van der Waals surface area (Å²) in [7, 11) is 1.26. The molecule has 9 nitrogen and oxygen atoms in total. The van der Waals surface area contributed by atoms with E-state index in [1.165, 1.54) is 24.2 Å². The van der Waals surface area contributed by atoms with Crippen molar-refractivity contribution in [1.82, 2.24) is 14.8 Å². The number of aromatic nitrogens is 3. The number of carbonyl (C=O) groups is 1. The lowest BCUT2D eigenvalue weighted by Crippen LogP contribution is -2.29. The molecule has 1 atom stereocenters. The number of fused-ring (bicyclic) bond motifs is 1. The van der Waals surface area contributed by atoms with Gasteiger partial charge in [-0.15, -0.1) is 0 Å². The number of ether oxygens (including phenoxy) is 1. The van der Waals surface area contributed by atoms with Crippen molar-refractivity contribution in [3.05, 3.63) is 57.5 Å². The van der Waals surface area contributed by atoms with Crippen LogP contribution in [0.5, 0.6) is 0 Å². The maximum atomic E-state index is 12.2. The van der Waals surface area contributed by atoms with Crippen LogP contribution in [0.25, 0.3) is 0 Å². The van der Waals surface area contributed by atoms with Crippen molar-refractivity contribution in [1.29, 1.82) is 0 Å². The van der Waals surface area contributed by atoms with Crippen molar-refractivity contribution in [3.8, 4) is 0 Å². The minimum atomic E-state index is -0.789. The fourth-order valence-corrected chi connectivity index (χ4v) is 2.64. The van der Waals surface area contributed by atoms with E-state index < -0.39 is 16.9 Å². The average Bonchev–Trinajstić information content (AvgIpc) is 3.00. The van der Waals surface area contributed by atoms with Crippen molar-refractivity contribution in [2.75, 3.05) is 12.4 Å². The highest BCUT2D eigenvalue weighted by Gasteiger charge is 2.37. The van der Waals surface area contributed by atoms with Crippen LogP contribution in [-0.2, 0) is 9.53 Å². The number of carbonyl (C=O) groups excluding carboxylic acids is 1. The van der Waals surface area contributed by atoms with Gasteiger partial charge in [0.05, 0.1) is 23.2 Å². The summed E-state index contributed by atoms with van der Waals surface area (Å²) >= 11 is 0. The molecule has 1 aliphatic rings. The molecule has 1 aliphatic heterocycles. The van der Waals surface area contributed by atoms with E-state index in [0.29, 0.717) is 17.2 Å². The van der Waals surface area contributed by atoms with Crippen molar-refractivity contribution in [2.24, 2.45) is 0 Å². The second-order valence-corrected chi connectivity index (χ2v) is 4.90. The van der Waals surface area contributed by atoms with Crippen LogP contribution in [0.1, 0.15) is 18.5 Å². The molecule has 0 spiro atoms. The number of para-hydroxylation sites is 1. The van der Waals surface area contributed by atoms with Gasteiger partial charge >= 0.3 is 5.97 Å². The summed E-state index contributed by atoms with van der Waals surface area (Å²) in [6.45, 7) is 1.69. The Bertz CT molecular complexity index is 826. The standard InChI is InChI=1S/C14H13N5O4/c1-8-11(13(20)23-2)12(18-14(17-8)15-7-16-18)9-5-3-4-6-10(9)19(21)22/h3-7,12H,1-2H3,(H,15,16,17)/t12-/m0/s1. The molecule has 0 fully saturated rings. The molecule has 3 rings (SSSR count). The van der Waals surface area contributed by atoms with Crippen molar-refractivity contribution < 1.29 is 14.5 Å². The van der Waals surface area contributed by atoms with E-state index in [1.54, 1.807) is 25.1 Å². The van der Waals surface area contributed by atoms with Crippen molar-refractivity contribution in [3.63, 3.8) is 0 Å². The quantitative estimate of drug-likeness (QED) is 0.520. The van der Waals surface area contributed by atoms with Gasteiger partial charge in [0.2, 0.25) is 5.95 Å². The number of hydrogen-bond donors (Lipinski definition) is 1. The van der Waals surface area contributed by atoms with E-state index in [-0.39, 0.29) is 11.3 Å². The first kappa shape index (κ1) is 14.7. The lowest BCUT2D eigenvalue weighted by atomic mass is 9.94. The molecule has 118 valence electrons. The Balaban J connectivity index is 2.26. The fraction of sp³-hybridized carbons (Fsp3) is 0.214. The number of nitro groups is 1. The second kappa shape index (κ2) is 5.52. The van der Waals surface area contributed by atoms with Gasteiger partial charge in [-0.3, -0.25) is 10.1 Å². The summed E-state index contributed by atoms with van der Waals surface area (Å²) < 4.78 is 6.27. The number of rotatable bonds is 3. The number of nitrogens with one attached hydrogen (secondary N) is 1.